The topological polar surface area (TPSA) is 58.1 Å². The maximum atomic E-state index is 5.51. The SMILES string of the molecule is CN=C(NCc1ccc(C)cc1OC)NCC(CC(C)C)N1CCOCC1. The van der Waals surface area contributed by atoms with E-state index in [9.17, 15) is 0 Å². The number of hydrogen-bond acceptors (Lipinski definition) is 4. The molecule has 1 aliphatic rings. The van der Waals surface area contributed by atoms with Crippen LogP contribution in [0.15, 0.2) is 23.2 Å². The van der Waals surface area contributed by atoms with Gasteiger partial charge < -0.3 is 20.1 Å². The molecule has 1 saturated heterocycles. The Kier molecular flexibility index (Phi) is 8.88. The van der Waals surface area contributed by atoms with Crippen molar-refractivity contribution in [3.8, 4) is 5.75 Å². The molecule has 0 aromatic heterocycles. The van der Waals surface area contributed by atoms with E-state index in [2.05, 4.69) is 59.5 Å². The van der Waals surface area contributed by atoms with Crippen molar-refractivity contribution in [1.29, 1.82) is 0 Å². The molecule has 27 heavy (non-hydrogen) atoms. The number of aliphatic imine (C=N–C) groups is 1. The van der Waals surface area contributed by atoms with Crippen LogP contribution in [0.1, 0.15) is 31.4 Å². The number of methoxy groups -OCH3 is 1. The summed E-state index contributed by atoms with van der Waals surface area (Å²) in [4.78, 5) is 6.92. The maximum Gasteiger partial charge on any atom is 0.191 e. The second-order valence-electron chi connectivity index (χ2n) is 7.55. The van der Waals surface area contributed by atoms with Crippen LogP contribution in [0.4, 0.5) is 0 Å². The number of morpholine rings is 1. The Bertz CT molecular complexity index is 598. The number of guanidine groups is 1. The molecule has 1 aromatic carbocycles. The van der Waals surface area contributed by atoms with Gasteiger partial charge in [-0.15, -0.1) is 0 Å². The first kappa shape index (κ1) is 21.5. The highest BCUT2D eigenvalue weighted by Crippen LogP contribution is 2.19. The minimum absolute atomic E-state index is 0.487. The van der Waals surface area contributed by atoms with E-state index in [1.54, 1.807) is 7.11 Å². The van der Waals surface area contributed by atoms with Gasteiger partial charge in [-0.3, -0.25) is 9.89 Å². The zero-order chi connectivity index (χ0) is 19.6. The molecule has 1 heterocycles. The second-order valence-corrected chi connectivity index (χ2v) is 7.55. The molecular formula is C21H36N4O2. The summed E-state index contributed by atoms with van der Waals surface area (Å²) in [5.74, 6) is 2.38. The fourth-order valence-corrected chi connectivity index (χ4v) is 3.46. The van der Waals surface area contributed by atoms with Gasteiger partial charge in [0.25, 0.3) is 0 Å². The van der Waals surface area contributed by atoms with Crippen LogP contribution < -0.4 is 15.4 Å². The standard InChI is InChI=1S/C21H36N4O2/c1-16(2)12-19(25-8-10-27-11-9-25)15-24-21(22-4)23-14-18-7-6-17(3)13-20(18)26-5/h6-7,13,16,19H,8-12,14-15H2,1-5H3,(H2,22,23,24). The van der Waals surface area contributed by atoms with Crippen molar-refractivity contribution in [3.63, 3.8) is 0 Å². The average molecular weight is 377 g/mol. The van der Waals surface area contributed by atoms with Crippen molar-refractivity contribution < 1.29 is 9.47 Å². The van der Waals surface area contributed by atoms with Gasteiger partial charge >= 0.3 is 0 Å². The lowest BCUT2D eigenvalue weighted by Gasteiger charge is -2.35. The average Bonchev–Trinajstić information content (AvgIpc) is 2.68. The first-order valence-corrected chi connectivity index (χ1v) is 9.93. The Morgan fingerprint density at radius 1 is 1.26 bits per heavy atom. The molecule has 1 atom stereocenters. The Hall–Kier alpha value is -1.79. The highest BCUT2D eigenvalue weighted by Gasteiger charge is 2.22. The fourth-order valence-electron chi connectivity index (χ4n) is 3.46. The Labute approximate surface area is 164 Å². The van der Waals surface area contributed by atoms with E-state index in [1.807, 2.05) is 7.05 Å². The van der Waals surface area contributed by atoms with Gasteiger partial charge in [0.05, 0.1) is 20.3 Å². The summed E-state index contributed by atoms with van der Waals surface area (Å²) in [6.45, 7) is 11.9. The molecule has 0 saturated carbocycles. The number of ether oxygens (including phenoxy) is 2. The molecule has 1 aliphatic heterocycles. The van der Waals surface area contributed by atoms with Crippen LogP contribution in [-0.2, 0) is 11.3 Å². The molecule has 2 rings (SSSR count). The van der Waals surface area contributed by atoms with Crippen molar-refractivity contribution in [1.82, 2.24) is 15.5 Å². The van der Waals surface area contributed by atoms with Crippen LogP contribution in [-0.4, -0.2) is 63.9 Å². The molecule has 0 aliphatic carbocycles. The second kappa shape index (κ2) is 11.1. The van der Waals surface area contributed by atoms with E-state index in [0.717, 1.165) is 56.5 Å². The third kappa shape index (κ3) is 7.03. The summed E-state index contributed by atoms with van der Waals surface area (Å²) in [5.41, 5.74) is 2.32. The number of rotatable bonds is 8. The number of benzene rings is 1. The Morgan fingerprint density at radius 2 is 2.00 bits per heavy atom. The van der Waals surface area contributed by atoms with Crippen LogP contribution in [0.2, 0.25) is 0 Å². The monoisotopic (exact) mass is 376 g/mol. The zero-order valence-corrected chi connectivity index (χ0v) is 17.5. The van der Waals surface area contributed by atoms with Gasteiger partial charge in [-0.25, -0.2) is 0 Å². The number of nitrogens with one attached hydrogen (secondary N) is 2. The predicted molar refractivity (Wildman–Crippen MR) is 112 cm³/mol. The molecule has 6 heteroatoms. The maximum absolute atomic E-state index is 5.51. The molecular weight excluding hydrogens is 340 g/mol. The highest BCUT2D eigenvalue weighted by molar-refractivity contribution is 5.79. The van der Waals surface area contributed by atoms with Crippen LogP contribution in [0.25, 0.3) is 0 Å². The molecule has 1 unspecified atom stereocenters. The largest absolute Gasteiger partial charge is 0.496 e. The van der Waals surface area contributed by atoms with Crippen LogP contribution in [0, 0.1) is 12.8 Å². The van der Waals surface area contributed by atoms with Gasteiger partial charge in [0.2, 0.25) is 0 Å². The van der Waals surface area contributed by atoms with E-state index in [1.165, 1.54) is 5.56 Å². The lowest BCUT2D eigenvalue weighted by Crippen LogP contribution is -2.50. The van der Waals surface area contributed by atoms with Crippen LogP contribution in [0.3, 0.4) is 0 Å². The number of nitrogens with zero attached hydrogens (tertiary/aromatic N) is 2. The minimum Gasteiger partial charge on any atom is -0.496 e. The van der Waals surface area contributed by atoms with Crippen LogP contribution >= 0.6 is 0 Å². The lowest BCUT2D eigenvalue weighted by atomic mass is 10.0. The van der Waals surface area contributed by atoms with Crippen molar-refractivity contribution in [2.75, 3.05) is 47.0 Å². The summed E-state index contributed by atoms with van der Waals surface area (Å²) in [7, 11) is 3.53. The summed E-state index contributed by atoms with van der Waals surface area (Å²) in [6, 6.07) is 6.75. The molecule has 0 amide bonds. The van der Waals surface area contributed by atoms with Crippen LogP contribution in [0.5, 0.6) is 5.75 Å². The van der Waals surface area contributed by atoms with Gasteiger partial charge in [-0.2, -0.15) is 0 Å². The summed E-state index contributed by atoms with van der Waals surface area (Å²) < 4.78 is 11.0. The number of hydrogen-bond donors (Lipinski definition) is 2. The molecule has 6 nitrogen and oxygen atoms in total. The summed E-state index contributed by atoms with van der Waals surface area (Å²) in [5, 5.41) is 6.91. The van der Waals surface area contributed by atoms with Crippen molar-refractivity contribution in [3.05, 3.63) is 29.3 Å². The Balaban J connectivity index is 1.91. The summed E-state index contributed by atoms with van der Waals surface area (Å²) >= 11 is 0. The van der Waals surface area contributed by atoms with Gasteiger partial charge in [-0.05, 0) is 30.9 Å². The number of aryl methyl sites for hydroxylation is 1. The molecule has 0 radical (unpaired) electrons. The molecule has 0 spiro atoms. The smallest absolute Gasteiger partial charge is 0.191 e. The van der Waals surface area contributed by atoms with E-state index in [0.29, 0.717) is 18.5 Å². The van der Waals surface area contributed by atoms with Crippen molar-refractivity contribution >= 4 is 5.96 Å². The van der Waals surface area contributed by atoms with Crippen molar-refractivity contribution in [2.24, 2.45) is 10.9 Å². The third-order valence-corrected chi connectivity index (χ3v) is 4.92. The minimum atomic E-state index is 0.487. The first-order valence-electron chi connectivity index (χ1n) is 9.93. The third-order valence-electron chi connectivity index (χ3n) is 4.92. The van der Waals surface area contributed by atoms with Gasteiger partial charge in [0.1, 0.15) is 5.75 Å². The molecule has 152 valence electrons. The quantitative estimate of drug-likeness (QED) is 0.539. The normalized spacial score (nSPS) is 17.0. The van der Waals surface area contributed by atoms with E-state index in [-0.39, 0.29) is 0 Å². The molecule has 2 N–H and O–H groups in total. The lowest BCUT2D eigenvalue weighted by molar-refractivity contribution is 0.0132. The first-order chi connectivity index (χ1) is 13.0. The van der Waals surface area contributed by atoms with Gasteiger partial charge in [-0.1, -0.05) is 26.0 Å². The van der Waals surface area contributed by atoms with E-state index in [4.69, 9.17) is 9.47 Å². The Morgan fingerprint density at radius 3 is 2.63 bits per heavy atom. The highest BCUT2D eigenvalue weighted by atomic mass is 16.5. The van der Waals surface area contributed by atoms with Gasteiger partial charge in [0.15, 0.2) is 5.96 Å². The van der Waals surface area contributed by atoms with Gasteiger partial charge in [0, 0.05) is 44.8 Å². The molecule has 1 fully saturated rings. The fraction of sp³-hybridized carbons (Fsp3) is 0.667. The zero-order valence-electron chi connectivity index (χ0n) is 17.5. The predicted octanol–water partition coefficient (Wildman–Crippen LogP) is 2.42. The molecule has 1 aromatic rings. The van der Waals surface area contributed by atoms with E-state index >= 15 is 0 Å². The molecule has 0 bridgehead atoms. The van der Waals surface area contributed by atoms with Crippen molar-refractivity contribution in [2.45, 2.75) is 39.8 Å². The van der Waals surface area contributed by atoms with E-state index < -0.39 is 0 Å². The summed E-state index contributed by atoms with van der Waals surface area (Å²) in [6.07, 6.45) is 1.16.